The highest BCUT2D eigenvalue weighted by atomic mass is 79.9. The van der Waals surface area contributed by atoms with E-state index < -0.39 is 5.54 Å². The predicted octanol–water partition coefficient (Wildman–Crippen LogP) is 3.16. The van der Waals surface area contributed by atoms with Crippen molar-refractivity contribution in [3.63, 3.8) is 0 Å². The minimum absolute atomic E-state index is 0.113. The first kappa shape index (κ1) is 14.6. The molecule has 0 aliphatic rings. The zero-order chi connectivity index (χ0) is 14.0. The number of thiophene rings is 1. The van der Waals surface area contributed by atoms with Gasteiger partial charge in [0, 0.05) is 5.38 Å². The molecule has 1 atom stereocenters. The third-order valence-electron chi connectivity index (χ3n) is 2.47. The van der Waals surface area contributed by atoms with Gasteiger partial charge in [-0.3, -0.25) is 0 Å². The van der Waals surface area contributed by atoms with Gasteiger partial charge in [-0.05, 0) is 42.8 Å². The number of hydrogen-bond acceptors (Lipinski definition) is 6. The Labute approximate surface area is 124 Å². The van der Waals surface area contributed by atoms with E-state index in [4.69, 9.17) is 15.0 Å². The molecule has 19 heavy (non-hydrogen) atoms. The molecule has 0 saturated carbocycles. The van der Waals surface area contributed by atoms with Gasteiger partial charge in [-0.15, -0.1) is 11.3 Å². The zero-order valence-electron chi connectivity index (χ0n) is 11.0. The Hall–Kier alpha value is -0.760. The Morgan fingerprint density at radius 1 is 1.58 bits per heavy atom. The molecule has 2 rings (SSSR count). The Morgan fingerprint density at radius 3 is 2.89 bits per heavy atom. The van der Waals surface area contributed by atoms with Crippen molar-refractivity contribution in [1.29, 1.82) is 0 Å². The van der Waals surface area contributed by atoms with Gasteiger partial charge in [0.25, 0.3) is 5.89 Å². The topological polar surface area (TPSA) is 74.2 Å². The second kappa shape index (κ2) is 5.70. The van der Waals surface area contributed by atoms with Crippen LogP contribution >= 0.6 is 27.3 Å². The van der Waals surface area contributed by atoms with E-state index >= 15 is 0 Å². The maximum Gasteiger partial charge on any atom is 0.258 e. The monoisotopic (exact) mass is 345 g/mol. The Balaban J connectivity index is 2.16. The van der Waals surface area contributed by atoms with Gasteiger partial charge in [0.15, 0.2) is 5.82 Å². The van der Waals surface area contributed by atoms with Gasteiger partial charge in [0.1, 0.15) is 5.54 Å². The van der Waals surface area contributed by atoms with Gasteiger partial charge in [0.2, 0.25) is 0 Å². The van der Waals surface area contributed by atoms with Crippen LogP contribution in [0.1, 0.15) is 26.6 Å². The third-order valence-corrected chi connectivity index (χ3v) is 3.97. The number of halogens is 1. The van der Waals surface area contributed by atoms with Crippen molar-refractivity contribution in [3.05, 3.63) is 21.1 Å². The second-order valence-electron chi connectivity index (χ2n) is 4.84. The average Bonchev–Trinajstić information content (AvgIpc) is 2.94. The molecular weight excluding hydrogens is 330 g/mol. The number of ether oxygens (including phenoxy) is 1. The molecule has 2 aromatic rings. The molecule has 5 nitrogen and oxygen atoms in total. The van der Waals surface area contributed by atoms with Crippen molar-refractivity contribution in [1.82, 2.24) is 10.1 Å². The first-order valence-electron chi connectivity index (χ1n) is 5.87. The van der Waals surface area contributed by atoms with E-state index in [9.17, 15) is 0 Å². The van der Waals surface area contributed by atoms with E-state index in [1.807, 2.05) is 32.2 Å². The van der Waals surface area contributed by atoms with Gasteiger partial charge in [0.05, 0.1) is 22.1 Å². The van der Waals surface area contributed by atoms with Crippen molar-refractivity contribution in [2.75, 3.05) is 6.61 Å². The fourth-order valence-corrected chi connectivity index (χ4v) is 2.53. The summed E-state index contributed by atoms with van der Waals surface area (Å²) < 4.78 is 11.8. The Kier molecular flexibility index (Phi) is 4.39. The molecule has 0 amide bonds. The molecule has 7 heteroatoms. The zero-order valence-corrected chi connectivity index (χ0v) is 13.4. The first-order valence-corrected chi connectivity index (χ1v) is 7.55. The van der Waals surface area contributed by atoms with Crippen LogP contribution in [0, 0.1) is 0 Å². The van der Waals surface area contributed by atoms with Crippen LogP contribution < -0.4 is 5.73 Å². The fraction of sp³-hybridized carbons (Fsp3) is 0.500. The minimum atomic E-state index is -0.765. The molecule has 2 heterocycles. The Bertz CT molecular complexity index is 551. The highest BCUT2D eigenvalue weighted by Gasteiger charge is 2.28. The number of nitrogens with two attached hydrogens (primary N) is 1. The smallest absolute Gasteiger partial charge is 0.258 e. The van der Waals surface area contributed by atoms with Crippen LogP contribution in [0.3, 0.4) is 0 Å². The molecule has 0 aromatic carbocycles. The first-order chi connectivity index (χ1) is 8.88. The molecule has 2 aromatic heterocycles. The van der Waals surface area contributed by atoms with Crippen LogP contribution in [-0.4, -0.2) is 22.9 Å². The largest absolute Gasteiger partial charge is 0.376 e. The van der Waals surface area contributed by atoms with E-state index in [-0.39, 0.29) is 6.10 Å². The highest BCUT2D eigenvalue weighted by Crippen LogP contribution is 2.29. The minimum Gasteiger partial charge on any atom is -0.376 e. The number of aromatic nitrogens is 2. The van der Waals surface area contributed by atoms with Crippen molar-refractivity contribution in [3.8, 4) is 11.5 Å². The van der Waals surface area contributed by atoms with Crippen LogP contribution in [0.15, 0.2) is 19.8 Å². The number of hydrogen-bond donors (Lipinski definition) is 1. The summed E-state index contributed by atoms with van der Waals surface area (Å²) >= 11 is 4.96. The molecule has 0 aliphatic heterocycles. The Morgan fingerprint density at radius 2 is 2.32 bits per heavy atom. The van der Waals surface area contributed by atoms with Gasteiger partial charge < -0.3 is 15.0 Å². The molecule has 0 fully saturated rings. The maximum atomic E-state index is 6.17. The van der Waals surface area contributed by atoms with E-state index in [1.165, 1.54) is 0 Å². The quantitative estimate of drug-likeness (QED) is 0.900. The normalized spacial score (nSPS) is 14.8. The van der Waals surface area contributed by atoms with E-state index in [2.05, 4.69) is 26.1 Å². The summed E-state index contributed by atoms with van der Waals surface area (Å²) in [7, 11) is 0. The standard InChI is InChI=1S/C12H16BrN3O2S/c1-7(2)17-6-12(3,14)11-15-10(18-16-11)8-4-9(13)19-5-8/h4-5,7H,6,14H2,1-3H3. The molecule has 2 N–H and O–H groups in total. The van der Waals surface area contributed by atoms with Gasteiger partial charge >= 0.3 is 0 Å². The third kappa shape index (κ3) is 3.62. The summed E-state index contributed by atoms with van der Waals surface area (Å²) in [5.41, 5.74) is 6.29. The molecule has 0 saturated heterocycles. The lowest BCUT2D eigenvalue weighted by atomic mass is 10.1. The van der Waals surface area contributed by atoms with E-state index in [1.54, 1.807) is 11.3 Å². The molecule has 0 spiro atoms. The van der Waals surface area contributed by atoms with Crippen LogP contribution in [-0.2, 0) is 10.3 Å². The van der Waals surface area contributed by atoms with Crippen molar-refractivity contribution in [2.45, 2.75) is 32.4 Å². The van der Waals surface area contributed by atoms with Crippen LogP contribution in [0.25, 0.3) is 11.5 Å². The summed E-state index contributed by atoms with van der Waals surface area (Å²) in [6.45, 7) is 6.09. The average molecular weight is 346 g/mol. The van der Waals surface area contributed by atoms with Crippen LogP contribution in [0.2, 0.25) is 0 Å². The summed E-state index contributed by atoms with van der Waals surface area (Å²) in [5, 5.41) is 5.89. The molecule has 0 aliphatic carbocycles. The molecule has 104 valence electrons. The van der Waals surface area contributed by atoms with Crippen molar-refractivity contribution in [2.24, 2.45) is 5.73 Å². The lowest BCUT2D eigenvalue weighted by Crippen LogP contribution is -2.40. The second-order valence-corrected chi connectivity index (χ2v) is 7.13. The van der Waals surface area contributed by atoms with Gasteiger partial charge in [-0.25, -0.2) is 0 Å². The molecular formula is C12H16BrN3O2S. The molecule has 0 radical (unpaired) electrons. The van der Waals surface area contributed by atoms with Gasteiger partial charge in [-0.1, -0.05) is 5.16 Å². The summed E-state index contributed by atoms with van der Waals surface area (Å²) in [6.07, 6.45) is 0.113. The lowest BCUT2D eigenvalue weighted by molar-refractivity contribution is 0.0410. The van der Waals surface area contributed by atoms with E-state index in [0.717, 1.165) is 9.35 Å². The summed E-state index contributed by atoms with van der Waals surface area (Å²) in [4.78, 5) is 4.35. The molecule has 0 bridgehead atoms. The van der Waals surface area contributed by atoms with Crippen LogP contribution in [0.4, 0.5) is 0 Å². The summed E-state index contributed by atoms with van der Waals surface area (Å²) in [6, 6.07) is 1.93. The van der Waals surface area contributed by atoms with Crippen molar-refractivity contribution >= 4 is 27.3 Å². The SMILES string of the molecule is CC(C)OCC(C)(N)c1noc(-c2csc(Br)c2)n1. The predicted molar refractivity (Wildman–Crippen MR) is 77.9 cm³/mol. The maximum absolute atomic E-state index is 6.17. The summed E-state index contributed by atoms with van der Waals surface area (Å²) in [5.74, 6) is 0.920. The van der Waals surface area contributed by atoms with E-state index in [0.29, 0.717) is 18.3 Å². The van der Waals surface area contributed by atoms with Crippen molar-refractivity contribution < 1.29 is 9.26 Å². The van der Waals surface area contributed by atoms with Crippen LogP contribution in [0.5, 0.6) is 0 Å². The number of rotatable bonds is 5. The van der Waals surface area contributed by atoms with Gasteiger partial charge in [-0.2, -0.15) is 4.98 Å². The fourth-order valence-electron chi connectivity index (χ4n) is 1.40. The number of nitrogens with zero attached hydrogens (tertiary/aromatic N) is 2. The highest BCUT2D eigenvalue weighted by molar-refractivity contribution is 9.11. The lowest BCUT2D eigenvalue weighted by Gasteiger charge is -2.21. The molecule has 1 unspecified atom stereocenters.